The Balaban J connectivity index is 1.05. The van der Waals surface area contributed by atoms with Crippen LogP contribution in [-0.4, -0.2) is 4.57 Å². The molecule has 1 aliphatic heterocycles. The molecule has 0 bridgehead atoms. The molecule has 11 rings (SSSR count). The summed E-state index contributed by atoms with van der Waals surface area (Å²) in [4.78, 5) is 2.29. The van der Waals surface area contributed by atoms with E-state index in [0.29, 0.717) is 0 Å². The highest BCUT2D eigenvalue weighted by molar-refractivity contribution is 6.11. The van der Waals surface area contributed by atoms with Gasteiger partial charge in [0.2, 0.25) is 0 Å². The van der Waals surface area contributed by atoms with Gasteiger partial charge in [-0.3, -0.25) is 0 Å². The maximum Gasteiger partial charge on any atom is 0.159 e. The first-order chi connectivity index (χ1) is 27.0. The lowest BCUT2D eigenvalue weighted by Gasteiger charge is -2.35. The Morgan fingerprint density at radius 1 is 0.473 bits per heavy atom. The van der Waals surface area contributed by atoms with Gasteiger partial charge < -0.3 is 18.6 Å². The highest BCUT2D eigenvalue weighted by Crippen LogP contribution is 2.51. The van der Waals surface area contributed by atoms with Crippen LogP contribution in [0.2, 0.25) is 0 Å². The van der Waals surface area contributed by atoms with E-state index >= 15 is 0 Å². The molecule has 4 heteroatoms. The van der Waals surface area contributed by atoms with Crippen molar-refractivity contribution in [3.8, 4) is 28.3 Å². The Bertz CT molecular complexity index is 3100. The zero-order chi connectivity index (χ0) is 36.7. The first-order valence-corrected chi connectivity index (χ1v) is 18.8. The number of nitrogens with zero attached hydrogens (tertiary/aromatic N) is 2. The molecular formula is C51H36N2O2. The molecule has 0 aliphatic carbocycles. The SMILES string of the molecule is CC1(C)c2ccccc2Oc2cc(N(c3ccc(-c4ccc5c(c4)c4ccccc4n5-c4ccccc4)cc3)c3cccc4c3oc3ccccc34)ccc21. The average molecular weight is 709 g/mol. The minimum atomic E-state index is -0.206. The predicted octanol–water partition coefficient (Wildman–Crippen LogP) is 14.3. The number of para-hydroxylation sites is 5. The number of aromatic nitrogens is 1. The molecule has 0 fully saturated rings. The Labute approximate surface area is 319 Å². The second-order valence-corrected chi connectivity index (χ2v) is 15.0. The molecule has 55 heavy (non-hydrogen) atoms. The molecule has 0 amide bonds. The lowest BCUT2D eigenvalue weighted by atomic mass is 9.76. The van der Waals surface area contributed by atoms with Gasteiger partial charge >= 0.3 is 0 Å². The summed E-state index contributed by atoms with van der Waals surface area (Å²) >= 11 is 0. The third-order valence-corrected chi connectivity index (χ3v) is 11.4. The lowest BCUT2D eigenvalue weighted by molar-refractivity contribution is 0.418. The van der Waals surface area contributed by atoms with Gasteiger partial charge in [-0.1, -0.05) is 123 Å². The van der Waals surface area contributed by atoms with Crippen LogP contribution in [0.25, 0.3) is 60.6 Å². The summed E-state index contributed by atoms with van der Waals surface area (Å²) in [6.45, 7) is 4.55. The number of hydrogen-bond donors (Lipinski definition) is 0. The molecule has 262 valence electrons. The monoisotopic (exact) mass is 708 g/mol. The van der Waals surface area contributed by atoms with E-state index in [1.165, 1.54) is 32.9 Å². The molecule has 3 heterocycles. The minimum Gasteiger partial charge on any atom is -0.457 e. The molecule has 1 aliphatic rings. The quantitative estimate of drug-likeness (QED) is 0.178. The summed E-state index contributed by atoms with van der Waals surface area (Å²) in [5.41, 5.74) is 12.7. The van der Waals surface area contributed by atoms with Crippen LogP contribution in [0.3, 0.4) is 0 Å². The summed E-state index contributed by atoms with van der Waals surface area (Å²) < 4.78 is 15.6. The largest absolute Gasteiger partial charge is 0.457 e. The zero-order valence-electron chi connectivity index (χ0n) is 30.5. The normalized spacial score (nSPS) is 13.2. The van der Waals surface area contributed by atoms with Gasteiger partial charge in [-0.25, -0.2) is 0 Å². The van der Waals surface area contributed by atoms with Crippen LogP contribution in [0.1, 0.15) is 25.0 Å². The predicted molar refractivity (Wildman–Crippen MR) is 227 cm³/mol. The molecule has 0 atom stereocenters. The van der Waals surface area contributed by atoms with Crippen molar-refractivity contribution in [3.63, 3.8) is 0 Å². The van der Waals surface area contributed by atoms with Gasteiger partial charge in [-0.2, -0.15) is 0 Å². The van der Waals surface area contributed by atoms with Crippen molar-refractivity contribution < 1.29 is 9.15 Å². The number of anilines is 3. The average Bonchev–Trinajstić information content (AvgIpc) is 3.78. The van der Waals surface area contributed by atoms with E-state index in [4.69, 9.17) is 9.15 Å². The highest BCUT2D eigenvalue weighted by Gasteiger charge is 2.34. The fraction of sp³-hybridized carbons (Fsp3) is 0.0588. The molecule has 0 N–H and O–H groups in total. The van der Waals surface area contributed by atoms with Gasteiger partial charge in [0.15, 0.2) is 5.58 Å². The Morgan fingerprint density at radius 2 is 1.15 bits per heavy atom. The molecule has 2 aromatic heterocycles. The summed E-state index contributed by atoms with van der Waals surface area (Å²) in [6, 6.07) is 64.7. The molecule has 4 nitrogen and oxygen atoms in total. The van der Waals surface area contributed by atoms with Crippen LogP contribution in [-0.2, 0) is 5.41 Å². The number of fused-ring (bicyclic) bond motifs is 8. The van der Waals surface area contributed by atoms with Gasteiger partial charge in [0, 0.05) is 61.2 Å². The number of furan rings is 1. The van der Waals surface area contributed by atoms with Crippen molar-refractivity contribution in [3.05, 3.63) is 193 Å². The van der Waals surface area contributed by atoms with E-state index in [9.17, 15) is 0 Å². The van der Waals surface area contributed by atoms with Crippen molar-refractivity contribution in [2.24, 2.45) is 0 Å². The van der Waals surface area contributed by atoms with Crippen LogP contribution in [0, 0.1) is 0 Å². The van der Waals surface area contributed by atoms with E-state index in [0.717, 1.165) is 67.3 Å². The van der Waals surface area contributed by atoms with Crippen LogP contribution < -0.4 is 9.64 Å². The number of rotatable bonds is 5. The van der Waals surface area contributed by atoms with Crippen LogP contribution >= 0.6 is 0 Å². The molecule has 10 aromatic rings. The van der Waals surface area contributed by atoms with E-state index in [2.05, 4.69) is 187 Å². The Morgan fingerprint density at radius 3 is 2.02 bits per heavy atom. The molecule has 0 radical (unpaired) electrons. The minimum absolute atomic E-state index is 0.206. The highest BCUT2D eigenvalue weighted by atomic mass is 16.5. The molecule has 8 aromatic carbocycles. The van der Waals surface area contributed by atoms with Crippen molar-refractivity contribution in [2.75, 3.05) is 4.90 Å². The number of hydrogen-bond acceptors (Lipinski definition) is 3. The summed E-state index contributed by atoms with van der Waals surface area (Å²) in [7, 11) is 0. The zero-order valence-corrected chi connectivity index (χ0v) is 30.5. The standard InChI is InChI=1S/C51H36N2O2/c1-51(2)42-18-8-11-22-48(42)54-49-32-37(28-29-43(49)51)52(46-20-12-17-40-39-16-7-10-21-47(39)55-50(40)46)36-26-23-33(24-27-36)34-25-30-45-41(31-34)38-15-6-9-19-44(38)53(45)35-13-4-3-5-14-35/h3-32H,1-2H3. The van der Waals surface area contributed by atoms with Crippen molar-refractivity contribution >= 4 is 60.8 Å². The van der Waals surface area contributed by atoms with E-state index in [-0.39, 0.29) is 5.41 Å². The van der Waals surface area contributed by atoms with Crippen LogP contribution in [0.15, 0.2) is 186 Å². The third-order valence-electron chi connectivity index (χ3n) is 11.4. The van der Waals surface area contributed by atoms with Crippen molar-refractivity contribution in [2.45, 2.75) is 19.3 Å². The van der Waals surface area contributed by atoms with Crippen LogP contribution in [0.5, 0.6) is 11.5 Å². The van der Waals surface area contributed by atoms with Crippen molar-refractivity contribution in [1.82, 2.24) is 4.57 Å². The molecule has 0 saturated carbocycles. The first kappa shape index (κ1) is 31.5. The third kappa shape index (κ3) is 4.85. The van der Waals surface area contributed by atoms with E-state index < -0.39 is 0 Å². The topological polar surface area (TPSA) is 30.5 Å². The lowest BCUT2D eigenvalue weighted by Crippen LogP contribution is -2.24. The van der Waals surface area contributed by atoms with E-state index in [1.54, 1.807) is 0 Å². The molecule has 0 spiro atoms. The van der Waals surface area contributed by atoms with Gasteiger partial charge in [-0.05, 0) is 77.9 Å². The van der Waals surface area contributed by atoms with Crippen molar-refractivity contribution in [1.29, 1.82) is 0 Å². The summed E-state index contributed by atoms with van der Waals surface area (Å²) in [5.74, 6) is 1.76. The fourth-order valence-corrected chi connectivity index (χ4v) is 8.73. The number of benzene rings is 8. The fourth-order valence-electron chi connectivity index (χ4n) is 8.73. The van der Waals surface area contributed by atoms with Gasteiger partial charge in [0.25, 0.3) is 0 Å². The van der Waals surface area contributed by atoms with Gasteiger partial charge in [0.05, 0.1) is 16.7 Å². The second kappa shape index (κ2) is 12.0. The van der Waals surface area contributed by atoms with Gasteiger partial charge in [0.1, 0.15) is 17.1 Å². The maximum atomic E-state index is 6.63. The summed E-state index contributed by atoms with van der Waals surface area (Å²) in [6.07, 6.45) is 0. The van der Waals surface area contributed by atoms with Gasteiger partial charge in [-0.15, -0.1) is 0 Å². The second-order valence-electron chi connectivity index (χ2n) is 15.0. The summed E-state index contributed by atoms with van der Waals surface area (Å²) in [5, 5.41) is 4.66. The molecule has 0 saturated heterocycles. The first-order valence-electron chi connectivity index (χ1n) is 18.8. The molecular weight excluding hydrogens is 673 g/mol. The Hall–Kier alpha value is -7.04. The molecule has 0 unspecified atom stereocenters. The smallest absolute Gasteiger partial charge is 0.159 e. The maximum absolute atomic E-state index is 6.63. The Kier molecular flexibility index (Phi) is 6.86. The van der Waals surface area contributed by atoms with E-state index in [1.807, 2.05) is 18.2 Å². The van der Waals surface area contributed by atoms with Crippen LogP contribution in [0.4, 0.5) is 17.1 Å². The number of ether oxygens (including phenoxy) is 1.